The van der Waals surface area contributed by atoms with E-state index in [0.717, 1.165) is 11.8 Å². The lowest BCUT2D eigenvalue weighted by molar-refractivity contribution is 0.947. The maximum Gasteiger partial charge on any atom is 0.00660 e. The second kappa shape index (κ2) is 6.39. The van der Waals surface area contributed by atoms with Gasteiger partial charge < -0.3 is 0 Å². The van der Waals surface area contributed by atoms with Crippen molar-refractivity contribution < 1.29 is 0 Å². The second-order valence-electron chi connectivity index (χ2n) is 3.11. The first-order valence-corrected chi connectivity index (χ1v) is 6.57. The number of hydrogen-bond donors (Lipinski definition) is 0. The topological polar surface area (TPSA) is 0 Å². The molecule has 0 aliphatic rings. The third kappa shape index (κ3) is 4.63. The number of thiophene rings is 1. The molecule has 0 fully saturated rings. The zero-order chi connectivity index (χ0) is 9.52. The molecular formula is C11H15BrS. The Labute approximate surface area is 92.8 Å². The summed E-state index contributed by atoms with van der Waals surface area (Å²) in [5.41, 5.74) is 1.51. The number of alkyl halides is 1. The summed E-state index contributed by atoms with van der Waals surface area (Å²) in [4.78, 5) is 1.49. The Morgan fingerprint density at radius 3 is 3.08 bits per heavy atom. The van der Waals surface area contributed by atoms with E-state index < -0.39 is 0 Å². The van der Waals surface area contributed by atoms with Gasteiger partial charge in [0.15, 0.2) is 0 Å². The van der Waals surface area contributed by atoms with Gasteiger partial charge in [-0.15, -0.1) is 11.3 Å². The smallest absolute Gasteiger partial charge is 0.00660 e. The molecular weight excluding hydrogens is 244 g/mol. The van der Waals surface area contributed by atoms with E-state index in [4.69, 9.17) is 0 Å². The standard InChI is InChI=1S/C11H15BrS/c1-10(4-2-8-12)6-7-11-5-3-9-13-11/h3-5,9H,2,6-8H2,1H3. The van der Waals surface area contributed by atoms with Crippen LogP contribution in [0.4, 0.5) is 0 Å². The molecule has 0 aromatic carbocycles. The van der Waals surface area contributed by atoms with E-state index in [1.807, 2.05) is 11.3 Å². The van der Waals surface area contributed by atoms with Crippen molar-refractivity contribution in [3.63, 3.8) is 0 Å². The fourth-order valence-corrected chi connectivity index (χ4v) is 2.12. The van der Waals surface area contributed by atoms with Gasteiger partial charge >= 0.3 is 0 Å². The van der Waals surface area contributed by atoms with Gasteiger partial charge in [0.25, 0.3) is 0 Å². The Balaban J connectivity index is 2.26. The molecule has 0 bridgehead atoms. The molecule has 72 valence electrons. The number of rotatable bonds is 5. The molecule has 0 aliphatic heterocycles. The molecule has 0 nitrogen and oxygen atoms in total. The zero-order valence-corrected chi connectivity index (χ0v) is 10.3. The van der Waals surface area contributed by atoms with Crippen LogP contribution in [0.2, 0.25) is 0 Å². The molecule has 0 saturated heterocycles. The van der Waals surface area contributed by atoms with Crippen LogP contribution in [-0.4, -0.2) is 5.33 Å². The summed E-state index contributed by atoms with van der Waals surface area (Å²) in [6, 6.07) is 4.33. The van der Waals surface area contributed by atoms with E-state index in [1.165, 1.54) is 23.3 Å². The molecule has 0 spiro atoms. The summed E-state index contributed by atoms with van der Waals surface area (Å²) in [6.07, 6.45) is 5.87. The molecule has 0 aliphatic carbocycles. The number of aryl methyl sites for hydroxylation is 1. The first-order chi connectivity index (χ1) is 6.33. The van der Waals surface area contributed by atoms with Crippen LogP contribution in [0.3, 0.4) is 0 Å². The third-order valence-corrected chi connectivity index (χ3v) is 3.34. The van der Waals surface area contributed by atoms with Crippen LogP contribution in [0.5, 0.6) is 0 Å². The molecule has 1 heterocycles. The Bertz CT molecular complexity index is 249. The Morgan fingerprint density at radius 2 is 2.46 bits per heavy atom. The number of allylic oxidation sites excluding steroid dienone is 2. The molecule has 0 amide bonds. The molecule has 1 rings (SSSR count). The fourth-order valence-electron chi connectivity index (χ4n) is 1.18. The number of halogens is 1. The van der Waals surface area contributed by atoms with Crippen molar-refractivity contribution in [1.82, 2.24) is 0 Å². The highest BCUT2D eigenvalue weighted by molar-refractivity contribution is 9.09. The molecule has 0 N–H and O–H groups in total. The van der Waals surface area contributed by atoms with E-state index in [-0.39, 0.29) is 0 Å². The predicted molar refractivity (Wildman–Crippen MR) is 64.8 cm³/mol. The van der Waals surface area contributed by atoms with Crippen LogP contribution < -0.4 is 0 Å². The van der Waals surface area contributed by atoms with Crippen molar-refractivity contribution in [3.05, 3.63) is 34.0 Å². The molecule has 1 aromatic heterocycles. The van der Waals surface area contributed by atoms with Gasteiger partial charge in [0.05, 0.1) is 0 Å². The maximum atomic E-state index is 3.43. The van der Waals surface area contributed by atoms with Crippen LogP contribution in [0.25, 0.3) is 0 Å². The van der Waals surface area contributed by atoms with E-state index in [2.05, 4.69) is 46.4 Å². The van der Waals surface area contributed by atoms with E-state index >= 15 is 0 Å². The van der Waals surface area contributed by atoms with Crippen molar-refractivity contribution in [3.8, 4) is 0 Å². The summed E-state index contributed by atoms with van der Waals surface area (Å²) in [7, 11) is 0. The van der Waals surface area contributed by atoms with E-state index in [0.29, 0.717) is 0 Å². The van der Waals surface area contributed by atoms with Crippen LogP contribution >= 0.6 is 27.3 Å². The monoisotopic (exact) mass is 258 g/mol. The summed E-state index contributed by atoms with van der Waals surface area (Å²) >= 11 is 5.28. The average Bonchev–Trinajstić information content (AvgIpc) is 2.64. The van der Waals surface area contributed by atoms with Crippen LogP contribution in [-0.2, 0) is 6.42 Å². The maximum absolute atomic E-state index is 3.43. The Morgan fingerprint density at radius 1 is 1.62 bits per heavy atom. The lowest BCUT2D eigenvalue weighted by atomic mass is 10.1. The van der Waals surface area contributed by atoms with Gasteiger partial charge in [-0.2, -0.15) is 0 Å². The predicted octanol–water partition coefficient (Wildman–Crippen LogP) is 4.41. The number of hydrogen-bond acceptors (Lipinski definition) is 1. The van der Waals surface area contributed by atoms with Gasteiger partial charge in [-0.1, -0.05) is 33.6 Å². The molecule has 0 unspecified atom stereocenters. The highest BCUT2D eigenvalue weighted by atomic mass is 79.9. The van der Waals surface area contributed by atoms with Gasteiger partial charge in [0.2, 0.25) is 0 Å². The van der Waals surface area contributed by atoms with Crippen LogP contribution in [0, 0.1) is 0 Å². The van der Waals surface area contributed by atoms with Gasteiger partial charge in [0, 0.05) is 10.2 Å². The second-order valence-corrected chi connectivity index (χ2v) is 4.93. The third-order valence-electron chi connectivity index (χ3n) is 1.95. The minimum absolute atomic E-state index is 1.07. The summed E-state index contributed by atoms with van der Waals surface area (Å²) < 4.78 is 0. The Hall–Kier alpha value is -0.0800. The lowest BCUT2D eigenvalue weighted by Crippen LogP contribution is -1.83. The summed E-state index contributed by atoms with van der Waals surface area (Å²) in [5.74, 6) is 0. The lowest BCUT2D eigenvalue weighted by Gasteiger charge is -1.98. The minimum Gasteiger partial charge on any atom is -0.149 e. The first kappa shape index (κ1) is 11.0. The molecule has 1 aromatic rings. The molecule has 0 saturated carbocycles. The van der Waals surface area contributed by atoms with Gasteiger partial charge in [-0.3, -0.25) is 0 Å². The minimum atomic E-state index is 1.07. The molecule has 0 atom stereocenters. The van der Waals surface area contributed by atoms with Crippen molar-refractivity contribution in [2.75, 3.05) is 5.33 Å². The van der Waals surface area contributed by atoms with Crippen molar-refractivity contribution in [1.29, 1.82) is 0 Å². The molecule has 13 heavy (non-hydrogen) atoms. The molecule has 0 radical (unpaired) electrons. The highest BCUT2D eigenvalue weighted by Crippen LogP contribution is 2.14. The van der Waals surface area contributed by atoms with Crippen molar-refractivity contribution in [2.24, 2.45) is 0 Å². The van der Waals surface area contributed by atoms with Gasteiger partial charge in [-0.05, 0) is 37.6 Å². The Kier molecular flexibility index (Phi) is 5.40. The van der Waals surface area contributed by atoms with Crippen LogP contribution in [0.15, 0.2) is 29.2 Å². The highest BCUT2D eigenvalue weighted by Gasteiger charge is 1.94. The van der Waals surface area contributed by atoms with Gasteiger partial charge in [0.1, 0.15) is 0 Å². The van der Waals surface area contributed by atoms with Gasteiger partial charge in [-0.25, -0.2) is 0 Å². The first-order valence-electron chi connectivity index (χ1n) is 4.57. The quantitative estimate of drug-likeness (QED) is 0.542. The van der Waals surface area contributed by atoms with E-state index in [9.17, 15) is 0 Å². The summed E-state index contributed by atoms with van der Waals surface area (Å²) in [5, 5.41) is 3.22. The fraction of sp³-hybridized carbons (Fsp3) is 0.455. The SMILES string of the molecule is CC(=CCCBr)CCc1cccs1. The van der Waals surface area contributed by atoms with E-state index in [1.54, 1.807) is 0 Å². The molecule has 2 heteroatoms. The zero-order valence-electron chi connectivity index (χ0n) is 7.92. The largest absolute Gasteiger partial charge is 0.149 e. The van der Waals surface area contributed by atoms with Crippen molar-refractivity contribution >= 4 is 27.3 Å². The average molecular weight is 259 g/mol. The van der Waals surface area contributed by atoms with Crippen LogP contribution in [0.1, 0.15) is 24.6 Å². The normalized spacial score (nSPS) is 12.0. The summed E-state index contributed by atoms with van der Waals surface area (Å²) in [6.45, 7) is 2.22. The van der Waals surface area contributed by atoms with Crippen molar-refractivity contribution in [2.45, 2.75) is 26.2 Å².